The molecule has 1 aliphatic heterocycles. The third-order valence-corrected chi connectivity index (χ3v) is 3.64. The van der Waals surface area contributed by atoms with Crippen molar-refractivity contribution >= 4 is 5.97 Å². The van der Waals surface area contributed by atoms with E-state index in [4.69, 9.17) is 5.11 Å². The molecule has 0 radical (unpaired) electrons. The van der Waals surface area contributed by atoms with E-state index in [1.807, 2.05) is 12.1 Å². The van der Waals surface area contributed by atoms with Gasteiger partial charge in [-0.15, -0.1) is 0 Å². The van der Waals surface area contributed by atoms with E-state index in [-0.39, 0.29) is 0 Å². The van der Waals surface area contributed by atoms with Crippen LogP contribution >= 0.6 is 0 Å². The highest BCUT2D eigenvalue weighted by Crippen LogP contribution is 2.31. The normalized spacial score (nSPS) is 20.8. The molecule has 0 aliphatic carbocycles. The number of aromatic carboxylic acids is 1. The molecule has 1 saturated heterocycles. The molecule has 0 saturated carbocycles. The minimum Gasteiger partial charge on any atom is -0.478 e. The minimum absolute atomic E-state index is 0.398. The van der Waals surface area contributed by atoms with Gasteiger partial charge in [0.05, 0.1) is 5.56 Å². The van der Waals surface area contributed by atoms with Gasteiger partial charge in [-0.1, -0.05) is 25.5 Å². The number of carboxylic acids is 1. The van der Waals surface area contributed by atoms with Crippen molar-refractivity contribution in [3.63, 3.8) is 0 Å². The number of carbonyl (C=O) groups is 1. The van der Waals surface area contributed by atoms with Crippen LogP contribution in [-0.2, 0) is 0 Å². The van der Waals surface area contributed by atoms with Crippen LogP contribution in [0.1, 0.15) is 54.6 Å². The first-order chi connectivity index (χ1) is 8.72. The maximum Gasteiger partial charge on any atom is 0.335 e. The highest BCUT2D eigenvalue weighted by atomic mass is 16.4. The molecule has 0 amide bonds. The predicted octanol–water partition coefficient (Wildman–Crippen LogP) is 3.32. The molecule has 1 heterocycles. The van der Waals surface area contributed by atoms with Crippen molar-refractivity contribution in [3.8, 4) is 0 Å². The first kappa shape index (κ1) is 13.1. The molecular weight excluding hydrogens is 226 g/mol. The van der Waals surface area contributed by atoms with Gasteiger partial charge in [-0.25, -0.2) is 4.79 Å². The second-order valence-corrected chi connectivity index (χ2v) is 4.98. The van der Waals surface area contributed by atoms with Gasteiger partial charge in [-0.3, -0.25) is 4.90 Å². The fourth-order valence-electron chi connectivity index (χ4n) is 2.80. The number of nitrogens with zero attached hydrogens (tertiary/aromatic N) is 1. The third kappa shape index (κ3) is 2.91. The molecule has 1 unspecified atom stereocenters. The van der Waals surface area contributed by atoms with Crippen molar-refractivity contribution in [2.24, 2.45) is 0 Å². The van der Waals surface area contributed by atoms with Gasteiger partial charge in [-0.2, -0.15) is 0 Å². The molecule has 1 atom stereocenters. The first-order valence-electron chi connectivity index (χ1n) is 6.79. The van der Waals surface area contributed by atoms with E-state index in [0.717, 1.165) is 31.5 Å². The molecule has 1 aromatic carbocycles. The van der Waals surface area contributed by atoms with E-state index in [1.54, 1.807) is 6.07 Å². The van der Waals surface area contributed by atoms with Crippen molar-refractivity contribution in [3.05, 3.63) is 35.4 Å². The van der Waals surface area contributed by atoms with E-state index in [2.05, 4.69) is 17.9 Å². The summed E-state index contributed by atoms with van der Waals surface area (Å²) in [5.41, 5.74) is 1.55. The fraction of sp³-hybridized carbons (Fsp3) is 0.533. The largest absolute Gasteiger partial charge is 0.478 e. The van der Waals surface area contributed by atoms with Crippen molar-refractivity contribution in [2.45, 2.75) is 38.6 Å². The Labute approximate surface area is 108 Å². The average Bonchev–Trinajstić information content (AvgIpc) is 2.40. The number of carboxylic acid groups (broad SMARTS) is 1. The zero-order valence-electron chi connectivity index (χ0n) is 10.9. The molecular formula is C15H21NO2. The fourth-order valence-corrected chi connectivity index (χ4v) is 2.80. The Balaban J connectivity index is 2.22. The predicted molar refractivity (Wildman–Crippen MR) is 71.9 cm³/mol. The van der Waals surface area contributed by atoms with Gasteiger partial charge in [0, 0.05) is 6.04 Å². The van der Waals surface area contributed by atoms with Crippen LogP contribution < -0.4 is 0 Å². The number of benzene rings is 1. The van der Waals surface area contributed by atoms with E-state index in [9.17, 15) is 4.79 Å². The summed E-state index contributed by atoms with van der Waals surface area (Å²) in [6.07, 6.45) is 4.79. The molecule has 1 fully saturated rings. The van der Waals surface area contributed by atoms with Crippen LogP contribution in [0.25, 0.3) is 0 Å². The van der Waals surface area contributed by atoms with E-state index >= 15 is 0 Å². The maximum absolute atomic E-state index is 11.0. The van der Waals surface area contributed by atoms with Gasteiger partial charge in [-0.05, 0) is 50.0 Å². The molecule has 1 aliphatic rings. The quantitative estimate of drug-likeness (QED) is 0.887. The van der Waals surface area contributed by atoms with Crippen molar-refractivity contribution < 1.29 is 9.90 Å². The molecule has 98 valence electrons. The number of likely N-dealkylation sites (tertiary alicyclic amines) is 1. The molecule has 1 aromatic rings. The first-order valence-corrected chi connectivity index (χ1v) is 6.79. The highest BCUT2D eigenvalue weighted by molar-refractivity contribution is 5.87. The Kier molecular flexibility index (Phi) is 4.37. The van der Waals surface area contributed by atoms with Gasteiger partial charge in [0.15, 0.2) is 0 Å². The molecule has 3 nitrogen and oxygen atoms in total. The Morgan fingerprint density at radius 3 is 3.00 bits per heavy atom. The lowest BCUT2D eigenvalue weighted by atomic mass is 9.94. The summed E-state index contributed by atoms with van der Waals surface area (Å²) in [5.74, 6) is -0.838. The molecule has 3 heteroatoms. The van der Waals surface area contributed by atoms with Crippen LogP contribution in [0.2, 0.25) is 0 Å². The van der Waals surface area contributed by atoms with Crippen LogP contribution in [0.3, 0.4) is 0 Å². The second kappa shape index (κ2) is 6.01. The zero-order chi connectivity index (χ0) is 13.0. The average molecular weight is 247 g/mol. The molecule has 0 spiro atoms. The molecule has 2 rings (SSSR count). The standard InChI is InChI=1S/C15H21NO2/c1-2-9-16-10-4-3-8-14(16)12-6-5-7-13(11-12)15(17)18/h5-7,11,14H,2-4,8-10H2,1H3,(H,17,18). The molecule has 1 N–H and O–H groups in total. The van der Waals surface area contributed by atoms with Crippen molar-refractivity contribution in [1.29, 1.82) is 0 Å². The summed E-state index contributed by atoms with van der Waals surface area (Å²) in [6, 6.07) is 7.82. The van der Waals surface area contributed by atoms with Crippen molar-refractivity contribution in [2.75, 3.05) is 13.1 Å². The summed E-state index contributed by atoms with van der Waals surface area (Å²) in [7, 11) is 0. The summed E-state index contributed by atoms with van der Waals surface area (Å²) < 4.78 is 0. The number of rotatable bonds is 4. The van der Waals surface area contributed by atoms with Crippen LogP contribution in [0.5, 0.6) is 0 Å². The van der Waals surface area contributed by atoms with Crippen LogP contribution in [0.4, 0.5) is 0 Å². The van der Waals surface area contributed by atoms with Gasteiger partial charge in [0.1, 0.15) is 0 Å². The Hall–Kier alpha value is -1.35. The van der Waals surface area contributed by atoms with E-state index < -0.39 is 5.97 Å². The summed E-state index contributed by atoms with van der Waals surface area (Å²) >= 11 is 0. The van der Waals surface area contributed by atoms with Crippen LogP contribution in [-0.4, -0.2) is 29.1 Å². The maximum atomic E-state index is 11.0. The van der Waals surface area contributed by atoms with E-state index in [1.165, 1.54) is 12.8 Å². The van der Waals surface area contributed by atoms with Gasteiger partial charge in [0.2, 0.25) is 0 Å². The minimum atomic E-state index is -0.838. The monoisotopic (exact) mass is 247 g/mol. The van der Waals surface area contributed by atoms with Crippen LogP contribution in [0, 0.1) is 0 Å². The molecule has 0 aromatic heterocycles. The summed E-state index contributed by atoms with van der Waals surface area (Å²) in [6.45, 7) is 4.43. The van der Waals surface area contributed by atoms with Gasteiger partial charge in [0.25, 0.3) is 0 Å². The smallest absolute Gasteiger partial charge is 0.335 e. The van der Waals surface area contributed by atoms with Gasteiger partial charge < -0.3 is 5.11 Å². The summed E-state index contributed by atoms with van der Waals surface area (Å²) in [4.78, 5) is 13.5. The lowest BCUT2D eigenvalue weighted by Crippen LogP contribution is -2.34. The Morgan fingerprint density at radius 1 is 1.44 bits per heavy atom. The number of hydrogen-bond acceptors (Lipinski definition) is 2. The van der Waals surface area contributed by atoms with Gasteiger partial charge >= 0.3 is 5.97 Å². The molecule has 18 heavy (non-hydrogen) atoms. The zero-order valence-corrected chi connectivity index (χ0v) is 10.9. The Bertz CT molecular complexity index is 415. The van der Waals surface area contributed by atoms with E-state index in [0.29, 0.717) is 11.6 Å². The number of piperidine rings is 1. The topological polar surface area (TPSA) is 40.5 Å². The van der Waals surface area contributed by atoms with Crippen molar-refractivity contribution in [1.82, 2.24) is 4.90 Å². The Morgan fingerprint density at radius 2 is 2.28 bits per heavy atom. The molecule has 0 bridgehead atoms. The lowest BCUT2D eigenvalue weighted by molar-refractivity contribution is 0.0696. The SMILES string of the molecule is CCCN1CCCCC1c1cccc(C(=O)O)c1. The third-order valence-electron chi connectivity index (χ3n) is 3.64. The summed E-state index contributed by atoms with van der Waals surface area (Å²) in [5, 5.41) is 9.06. The lowest BCUT2D eigenvalue weighted by Gasteiger charge is -2.36. The number of hydrogen-bond donors (Lipinski definition) is 1. The second-order valence-electron chi connectivity index (χ2n) is 4.98. The van der Waals surface area contributed by atoms with Crippen LogP contribution in [0.15, 0.2) is 24.3 Å². The highest BCUT2D eigenvalue weighted by Gasteiger charge is 2.23.